The molecule has 5 nitrogen and oxygen atoms in total. The first-order chi connectivity index (χ1) is 8.11. The van der Waals surface area contributed by atoms with Crippen molar-refractivity contribution < 1.29 is 18.7 Å². The molecular weight excluding hydrogens is 227 g/mol. The Morgan fingerprint density at radius 2 is 2.29 bits per heavy atom. The molecule has 0 spiro atoms. The number of hydrogen-bond acceptors (Lipinski definition) is 4. The van der Waals surface area contributed by atoms with Crippen molar-refractivity contribution in [3.8, 4) is 17.5 Å². The van der Waals surface area contributed by atoms with Gasteiger partial charge in [0.1, 0.15) is 5.82 Å². The van der Waals surface area contributed by atoms with Gasteiger partial charge in [0, 0.05) is 0 Å². The third-order valence-electron chi connectivity index (χ3n) is 2.05. The molecule has 84 valence electrons. The van der Waals surface area contributed by atoms with Crippen molar-refractivity contribution in [2.75, 3.05) is 0 Å². The highest BCUT2D eigenvalue weighted by molar-refractivity contribution is 5.84. The predicted octanol–water partition coefficient (Wildman–Crippen LogP) is 2.05. The Balaban J connectivity index is 2.46. The number of nitriles is 1. The second-order valence-corrected chi connectivity index (χ2v) is 3.14. The smallest absolute Gasteiger partial charge is 0.373 e. The first-order valence-electron chi connectivity index (χ1n) is 4.51. The highest BCUT2D eigenvalue weighted by Crippen LogP contribution is 2.23. The topological polar surface area (TPSA) is 87.1 Å². The average molecular weight is 232 g/mol. The Labute approximate surface area is 94.7 Å². The number of nitrogens with zero attached hydrogens (tertiary/aromatic N) is 2. The molecule has 2 aromatic rings. The monoisotopic (exact) mass is 232 g/mol. The highest BCUT2D eigenvalue weighted by Gasteiger charge is 2.15. The number of aromatic carboxylic acids is 1. The summed E-state index contributed by atoms with van der Waals surface area (Å²) in [7, 11) is 0. The summed E-state index contributed by atoms with van der Waals surface area (Å²) in [5.41, 5.74) is 0.174. The van der Waals surface area contributed by atoms with Gasteiger partial charge in [-0.05, 0) is 18.2 Å². The van der Waals surface area contributed by atoms with Gasteiger partial charge in [-0.15, -0.1) is 0 Å². The van der Waals surface area contributed by atoms with Gasteiger partial charge in [-0.1, -0.05) is 0 Å². The molecule has 0 amide bonds. The number of rotatable bonds is 2. The van der Waals surface area contributed by atoms with Crippen molar-refractivity contribution in [2.24, 2.45) is 0 Å². The van der Waals surface area contributed by atoms with E-state index < -0.39 is 11.8 Å². The molecule has 0 aliphatic carbocycles. The lowest BCUT2D eigenvalue weighted by Crippen LogP contribution is -1.91. The summed E-state index contributed by atoms with van der Waals surface area (Å²) in [4.78, 5) is 14.2. The van der Waals surface area contributed by atoms with Gasteiger partial charge in [0.15, 0.2) is 0 Å². The van der Waals surface area contributed by atoms with Crippen LogP contribution in [0.4, 0.5) is 4.39 Å². The van der Waals surface area contributed by atoms with Gasteiger partial charge in [-0.2, -0.15) is 5.26 Å². The number of benzene rings is 1. The van der Waals surface area contributed by atoms with Gasteiger partial charge >= 0.3 is 5.97 Å². The molecule has 0 radical (unpaired) electrons. The lowest BCUT2D eigenvalue weighted by Gasteiger charge is -1.97. The second kappa shape index (κ2) is 4.06. The molecule has 2 rings (SSSR count). The Morgan fingerprint density at radius 3 is 2.82 bits per heavy atom. The molecule has 0 atom stereocenters. The first kappa shape index (κ1) is 10.8. The minimum atomic E-state index is -1.28. The van der Waals surface area contributed by atoms with E-state index in [1.807, 2.05) is 0 Å². The van der Waals surface area contributed by atoms with Crippen molar-refractivity contribution in [1.82, 2.24) is 4.98 Å². The molecule has 0 aliphatic rings. The normalized spacial score (nSPS) is 9.88. The zero-order chi connectivity index (χ0) is 12.4. The quantitative estimate of drug-likeness (QED) is 0.856. The van der Waals surface area contributed by atoms with Crippen LogP contribution in [-0.2, 0) is 0 Å². The minimum Gasteiger partial charge on any atom is -0.475 e. The van der Waals surface area contributed by atoms with Crippen LogP contribution < -0.4 is 0 Å². The predicted molar refractivity (Wildman–Crippen MR) is 53.6 cm³/mol. The summed E-state index contributed by atoms with van der Waals surface area (Å²) in [5.74, 6) is -2.48. The van der Waals surface area contributed by atoms with Crippen LogP contribution in [-0.4, -0.2) is 16.1 Å². The van der Waals surface area contributed by atoms with Gasteiger partial charge in [-0.3, -0.25) is 0 Å². The average Bonchev–Trinajstić information content (AvgIpc) is 2.78. The van der Waals surface area contributed by atoms with E-state index in [0.29, 0.717) is 0 Å². The van der Waals surface area contributed by atoms with Gasteiger partial charge < -0.3 is 9.52 Å². The van der Waals surface area contributed by atoms with E-state index in [4.69, 9.17) is 14.8 Å². The van der Waals surface area contributed by atoms with Crippen LogP contribution in [0.25, 0.3) is 11.5 Å². The van der Waals surface area contributed by atoms with Crippen LogP contribution in [0.3, 0.4) is 0 Å². The minimum absolute atomic E-state index is 0.0106. The van der Waals surface area contributed by atoms with E-state index in [2.05, 4.69) is 4.98 Å². The fraction of sp³-hybridized carbons (Fsp3) is 0. The number of hydrogen-bond donors (Lipinski definition) is 1. The summed E-state index contributed by atoms with van der Waals surface area (Å²) in [5, 5.41) is 17.2. The van der Waals surface area contributed by atoms with Crippen molar-refractivity contribution in [2.45, 2.75) is 0 Å². The number of carbonyl (C=O) groups is 1. The van der Waals surface area contributed by atoms with E-state index >= 15 is 0 Å². The fourth-order valence-electron chi connectivity index (χ4n) is 1.26. The Bertz CT molecular complexity index is 628. The van der Waals surface area contributed by atoms with Gasteiger partial charge in [0.05, 0.1) is 23.4 Å². The maximum atomic E-state index is 13.5. The van der Waals surface area contributed by atoms with Crippen LogP contribution in [0.15, 0.2) is 28.8 Å². The molecular formula is C11H5FN2O3. The molecule has 0 aliphatic heterocycles. The summed E-state index contributed by atoms with van der Waals surface area (Å²) >= 11 is 0. The van der Waals surface area contributed by atoms with E-state index in [1.165, 1.54) is 12.1 Å². The molecule has 1 heterocycles. The number of carboxylic acid groups (broad SMARTS) is 1. The zero-order valence-corrected chi connectivity index (χ0v) is 8.35. The third kappa shape index (κ3) is 1.99. The molecule has 1 N–H and O–H groups in total. The SMILES string of the molecule is N#Cc1ccc(-c2ncc(C(=O)O)o2)c(F)c1. The van der Waals surface area contributed by atoms with Crippen LogP contribution in [0.1, 0.15) is 16.1 Å². The zero-order valence-electron chi connectivity index (χ0n) is 8.35. The van der Waals surface area contributed by atoms with E-state index in [1.54, 1.807) is 6.07 Å². The van der Waals surface area contributed by atoms with E-state index in [0.717, 1.165) is 12.3 Å². The Hall–Kier alpha value is -2.68. The van der Waals surface area contributed by atoms with Crippen LogP contribution >= 0.6 is 0 Å². The third-order valence-corrected chi connectivity index (χ3v) is 2.05. The molecule has 6 heteroatoms. The molecule has 0 saturated heterocycles. The van der Waals surface area contributed by atoms with Gasteiger partial charge in [0.2, 0.25) is 11.7 Å². The molecule has 0 saturated carbocycles. The molecule has 0 fully saturated rings. The largest absolute Gasteiger partial charge is 0.475 e. The molecule has 0 unspecified atom stereocenters. The fourth-order valence-corrected chi connectivity index (χ4v) is 1.26. The maximum Gasteiger partial charge on any atom is 0.373 e. The lowest BCUT2D eigenvalue weighted by atomic mass is 10.1. The summed E-state index contributed by atoms with van der Waals surface area (Å²) in [6.07, 6.45) is 0.995. The van der Waals surface area contributed by atoms with Crippen LogP contribution in [0.2, 0.25) is 0 Å². The van der Waals surface area contributed by atoms with E-state index in [9.17, 15) is 9.18 Å². The van der Waals surface area contributed by atoms with Crippen molar-refractivity contribution in [1.29, 1.82) is 5.26 Å². The van der Waals surface area contributed by atoms with Crippen molar-refractivity contribution >= 4 is 5.97 Å². The lowest BCUT2D eigenvalue weighted by molar-refractivity contribution is 0.0663. The van der Waals surface area contributed by atoms with Crippen LogP contribution in [0, 0.1) is 17.1 Å². The maximum absolute atomic E-state index is 13.5. The summed E-state index contributed by atoms with van der Waals surface area (Å²) in [6, 6.07) is 5.52. The first-order valence-corrected chi connectivity index (χ1v) is 4.51. The molecule has 1 aromatic carbocycles. The highest BCUT2D eigenvalue weighted by atomic mass is 19.1. The molecule has 1 aromatic heterocycles. The molecule has 0 bridgehead atoms. The number of aromatic nitrogens is 1. The van der Waals surface area contributed by atoms with Gasteiger partial charge in [-0.25, -0.2) is 14.2 Å². The number of oxazole rings is 1. The number of halogens is 1. The van der Waals surface area contributed by atoms with Crippen LogP contribution in [0.5, 0.6) is 0 Å². The second-order valence-electron chi connectivity index (χ2n) is 3.14. The number of carboxylic acids is 1. The summed E-state index contributed by atoms with van der Waals surface area (Å²) in [6.45, 7) is 0. The Kier molecular flexibility index (Phi) is 2.58. The van der Waals surface area contributed by atoms with Gasteiger partial charge in [0.25, 0.3) is 0 Å². The van der Waals surface area contributed by atoms with E-state index in [-0.39, 0.29) is 22.8 Å². The summed E-state index contributed by atoms with van der Waals surface area (Å²) < 4.78 is 18.4. The van der Waals surface area contributed by atoms with Crippen molar-refractivity contribution in [3.05, 3.63) is 41.5 Å². The molecule has 17 heavy (non-hydrogen) atoms. The standard InChI is InChI=1S/C11H5FN2O3/c12-8-3-6(4-13)1-2-7(8)10-14-5-9(17-10)11(15)16/h1-3,5H,(H,15,16). The Morgan fingerprint density at radius 1 is 1.53 bits per heavy atom. The van der Waals surface area contributed by atoms with Crippen molar-refractivity contribution in [3.63, 3.8) is 0 Å².